The fraction of sp³-hybridized carbons (Fsp3) is 0.667. The number of carbonyl (C=O) groups excluding carboxylic acids is 1. The molecule has 5 nitrogen and oxygen atoms in total. The third kappa shape index (κ3) is 6.87. The van der Waals surface area contributed by atoms with Crippen LogP contribution in [0.3, 0.4) is 0 Å². The number of hydrogen-bond acceptors (Lipinski definition) is 4. The Morgan fingerprint density at radius 1 is 1.52 bits per heavy atom. The summed E-state index contributed by atoms with van der Waals surface area (Å²) >= 11 is 5.76. The number of amides is 1. The summed E-state index contributed by atoms with van der Waals surface area (Å²) in [5, 5.41) is 3.64. The van der Waals surface area contributed by atoms with Crippen molar-refractivity contribution in [3.63, 3.8) is 0 Å². The molecule has 0 saturated carbocycles. The minimum atomic E-state index is -0.497. The van der Waals surface area contributed by atoms with Gasteiger partial charge >= 0.3 is 6.09 Å². The van der Waals surface area contributed by atoms with E-state index < -0.39 is 5.60 Å². The van der Waals surface area contributed by atoms with Crippen molar-refractivity contribution in [1.29, 1.82) is 0 Å². The molecular formula is C15H25ClN2O3. The molecule has 0 bridgehead atoms. The van der Waals surface area contributed by atoms with Gasteiger partial charge in [0, 0.05) is 24.5 Å². The van der Waals surface area contributed by atoms with Crippen LogP contribution in [0.2, 0.25) is 0 Å². The second kappa shape index (κ2) is 7.71. The second-order valence-electron chi connectivity index (χ2n) is 5.90. The minimum absolute atomic E-state index is 0.270. The largest absolute Gasteiger partial charge is 0.478 e. The number of allylic oxidation sites excluding steroid dienone is 3. The molecule has 120 valence electrons. The van der Waals surface area contributed by atoms with Gasteiger partial charge in [-0.1, -0.05) is 25.1 Å². The highest BCUT2D eigenvalue weighted by Crippen LogP contribution is 2.15. The second-order valence-corrected chi connectivity index (χ2v) is 6.38. The standard InChI is InChI=1S/C15H25ClN2O3/c1-6-12(9-11(2)16)20-13-10-18(8-7-17-13)14(19)21-15(3,4)5/h9,13,17H,2,6-8,10H2,1,3-5H3/b12-9+. The first-order valence-corrected chi connectivity index (χ1v) is 7.52. The van der Waals surface area contributed by atoms with Gasteiger partial charge in [-0.2, -0.15) is 0 Å². The fourth-order valence-corrected chi connectivity index (χ4v) is 1.99. The van der Waals surface area contributed by atoms with Crippen LogP contribution in [0.5, 0.6) is 0 Å². The van der Waals surface area contributed by atoms with Crippen LogP contribution in [0.25, 0.3) is 0 Å². The molecule has 1 aliphatic heterocycles. The van der Waals surface area contributed by atoms with Crippen LogP contribution >= 0.6 is 11.6 Å². The molecule has 1 unspecified atom stereocenters. The van der Waals surface area contributed by atoms with Gasteiger partial charge < -0.3 is 14.4 Å². The smallest absolute Gasteiger partial charge is 0.410 e. The maximum Gasteiger partial charge on any atom is 0.410 e. The maximum absolute atomic E-state index is 12.1. The molecule has 1 fully saturated rings. The lowest BCUT2D eigenvalue weighted by Gasteiger charge is -2.35. The van der Waals surface area contributed by atoms with E-state index in [0.29, 0.717) is 31.1 Å². The van der Waals surface area contributed by atoms with Crippen LogP contribution in [0, 0.1) is 0 Å². The monoisotopic (exact) mass is 316 g/mol. The van der Waals surface area contributed by atoms with Crippen molar-refractivity contribution in [2.24, 2.45) is 0 Å². The van der Waals surface area contributed by atoms with Crippen molar-refractivity contribution < 1.29 is 14.3 Å². The van der Waals surface area contributed by atoms with Gasteiger partial charge in [-0.15, -0.1) is 0 Å². The van der Waals surface area contributed by atoms with Gasteiger partial charge in [0.15, 0.2) is 6.23 Å². The average molecular weight is 317 g/mol. The number of rotatable bonds is 4. The van der Waals surface area contributed by atoms with E-state index in [1.54, 1.807) is 11.0 Å². The van der Waals surface area contributed by atoms with Crippen molar-refractivity contribution >= 4 is 17.7 Å². The van der Waals surface area contributed by atoms with Gasteiger partial charge in [-0.05, 0) is 26.8 Å². The summed E-state index contributed by atoms with van der Waals surface area (Å²) in [6.45, 7) is 12.8. The van der Waals surface area contributed by atoms with E-state index in [0.717, 1.165) is 5.76 Å². The van der Waals surface area contributed by atoms with Gasteiger partial charge in [0.05, 0.1) is 12.3 Å². The molecule has 0 aromatic carbocycles. The molecule has 0 aliphatic carbocycles. The third-order valence-corrected chi connectivity index (χ3v) is 2.86. The molecule has 21 heavy (non-hydrogen) atoms. The number of halogens is 1. The Hall–Kier alpha value is -1.20. The Morgan fingerprint density at radius 3 is 2.71 bits per heavy atom. The zero-order valence-electron chi connectivity index (χ0n) is 13.2. The summed E-state index contributed by atoms with van der Waals surface area (Å²) in [4.78, 5) is 13.7. The maximum atomic E-state index is 12.1. The van der Waals surface area contributed by atoms with E-state index >= 15 is 0 Å². The zero-order chi connectivity index (χ0) is 16.0. The van der Waals surface area contributed by atoms with E-state index in [1.807, 2.05) is 27.7 Å². The van der Waals surface area contributed by atoms with Gasteiger partial charge in [-0.25, -0.2) is 4.79 Å². The summed E-state index contributed by atoms with van der Waals surface area (Å²) in [6.07, 6.45) is 1.81. The highest BCUT2D eigenvalue weighted by Gasteiger charge is 2.28. The Morgan fingerprint density at radius 2 is 2.19 bits per heavy atom. The van der Waals surface area contributed by atoms with Crippen molar-refractivity contribution in [3.8, 4) is 0 Å². The van der Waals surface area contributed by atoms with Gasteiger partial charge in [0.25, 0.3) is 0 Å². The lowest BCUT2D eigenvalue weighted by molar-refractivity contribution is -0.0100. The topological polar surface area (TPSA) is 50.8 Å². The van der Waals surface area contributed by atoms with Crippen LogP contribution in [0.1, 0.15) is 34.1 Å². The number of nitrogens with one attached hydrogen (secondary N) is 1. The Bertz CT molecular complexity index is 416. The van der Waals surface area contributed by atoms with Gasteiger partial charge in [0.1, 0.15) is 5.60 Å². The molecule has 0 radical (unpaired) electrons. The van der Waals surface area contributed by atoms with Crippen molar-refractivity contribution in [3.05, 3.63) is 23.4 Å². The lowest BCUT2D eigenvalue weighted by atomic mass is 10.2. The van der Waals surface area contributed by atoms with Crippen molar-refractivity contribution in [1.82, 2.24) is 10.2 Å². The molecule has 1 N–H and O–H groups in total. The van der Waals surface area contributed by atoms with Gasteiger partial charge in [-0.3, -0.25) is 5.32 Å². The van der Waals surface area contributed by atoms with Crippen LogP contribution in [0.15, 0.2) is 23.4 Å². The number of carbonyl (C=O) groups is 1. The normalized spacial score (nSPS) is 20.1. The van der Waals surface area contributed by atoms with E-state index in [4.69, 9.17) is 21.1 Å². The first-order valence-electron chi connectivity index (χ1n) is 7.14. The molecule has 0 aromatic heterocycles. The molecule has 0 spiro atoms. The molecule has 1 amide bonds. The number of nitrogens with zero attached hydrogens (tertiary/aromatic N) is 1. The molecular weight excluding hydrogens is 292 g/mol. The molecule has 6 heteroatoms. The number of piperazine rings is 1. The minimum Gasteiger partial charge on any atom is -0.478 e. The third-order valence-electron chi connectivity index (χ3n) is 2.75. The van der Waals surface area contributed by atoms with Gasteiger partial charge in [0.2, 0.25) is 0 Å². The summed E-state index contributed by atoms with van der Waals surface area (Å²) in [7, 11) is 0. The Kier molecular flexibility index (Phi) is 6.55. The molecule has 1 heterocycles. The predicted molar refractivity (Wildman–Crippen MR) is 84.0 cm³/mol. The zero-order valence-corrected chi connectivity index (χ0v) is 14.0. The average Bonchev–Trinajstić information content (AvgIpc) is 2.35. The summed E-state index contributed by atoms with van der Waals surface area (Å²) in [5.74, 6) is 0.735. The first-order chi connectivity index (χ1) is 9.71. The summed E-state index contributed by atoms with van der Waals surface area (Å²) in [5.41, 5.74) is -0.497. The molecule has 1 rings (SSSR count). The molecule has 1 atom stereocenters. The van der Waals surface area contributed by atoms with E-state index in [1.165, 1.54) is 0 Å². The predicted octanol–water partition coefficient (Wildman–Crippen LogP) is 3.22. The fourth-order valence-electron chi connectivity index (χ4n) is 1.86. The Balaban J connectivity index is 2.59. The van der Waals surface area contributed by atoms with E-state index in [9.17, 15) is 4.79 Å². The van der Waals surface area contributed by atoms with Crippen LogP contribution in [-0.4, -0.2) is 42.5 Å². The summed E-state index contributed by atoms with van der Waals surface area (Å²) < 4.78 is 11.2. The number of hydrogen-bond donors (Lipinski definition) is 1. The Labute approximate surface area is 131 Å². The first kappa shape index (κ1) is 17.9. The molecule has 0 aromatic rings. The lowest BCUT2D eigenvalue weighted by Crippen LogP contribution is -2.54. The SMILES string of the molecule is C=C(Cl)/C=C(\CC)OC1CN(C(=O)OC(C)(C)C)CCN1. The highest BCUT2D eigenvalue weighted by molar-refractivity contribution is 6.30. The van der Waals surface area contributed by atoms with E-state index in [2.05, 4.69) is 11.9 Å². The molecule has 1 saturated heterocycles. The number of ether oxygens (including phenoxy) is 2. The van der Waals surface area contributed by atoms with E-state index in [-0.39, 0.29) is 12.3 Å². The van der Waals surface area contributed by atoms with Crippen LogP contribution in [0.4, 0.5) is 4.79 Å². The van der Waals surface area contributed by atoms with Crippen LogP contribution in [-0.2, 0) is 9.47 Å². The highest BCUT2D eigenvalue weighted by atomic mass is 35.5. The summed E-state index contributed by atoms with van der Waals surface area (Å²) in [6, 6.07) is 0. The van der Waals surface area contributed by atoms with Crippen molar-refractivity contribution in [2.75, 3.05) is 19.6 Å². The van der Waals surface area contributed by atoms with Crippen molar-refractivity contribution in [2.45, 2.75) is 45.9 Å². The quantitative estimate of drug-likeness (QED) is 0.639. The molecule has 1 aliphatic rings. The van der Waals surface area contributed by atoms with Crippen LogP contribution < -0.4 is 5.32 Å².